The predicted molar refractivity (Wildman–Crippen MR) is 70.4 cm³/mol. The Morgan fingerprint density at radius 1 is 1.17 bits per heavy atom. The van der Waals surface area contributed by atoms with Crippen LogP contribution in [0.3, 0.4) is 0 Å². The fraction of sp³-hybridized carbons (Fsp3) is 0.0833. The molecule has 0 aliphatic rings. The Balaban J connectivity index is 2.28. The van der Waals surface area contributed by atoms with E-state index in [4.69, 9.17) is 17.3 Å². The van der Waals surface area contributed by atoms with Gasteiger partial charge in [-0.05, 0) is 37.3 Å². The van der Waals surface area contributed by atoms with E-state index in [1.165, 1.54) is 0 Å². The van der Waals surface area contributed by atoms with Gasteiger partial charge in [-0.15, -0.1) is 10.2 Å². The Hall–Kier alpha value is -2.14. The Morgan fingerprint density at radius 3 is 2.78 bits per heavy atom. The summed E-state index contributed by atoms with van der Waals surface area (Å²) < 4.78 is 1.68. The van der Waals surface area contributed by atoms with Gasteiger partial charge in [-0.3, -0.25) is 0 Å². The number of benzene rings is 1. The number of hydrogen-bond acceptors (Lipinski definition) is 4. The summed E-state index contributed by atoms with van der Waals surface area (Å²) in [5, 5.41) is 13.2. The van der Waals surface area contributed by atoms with Crippen LogP contribution in [0.15, 0.2) is 30.3 Å². The predicted octanol–water partition coefficient (Wildman–Crippen LogP) is 2.34. The van der Waals surface area contributed by atoms with Gasteiger partial charge in [0.05, 0.1) is 5.69 Å². The third kappa shape index (κ3) is 1.69. The quantitative estimate of drug-likeness (QED) is 0.681. The molecule has 0 bridgehead atoms. The number of hydrogen-bond donors (Lipinski definition) is 1. The Bertz CT molecular complexity index is 734. The van der Waals surface area contributed by atoms with Crippen molar-refractivity contribution in [3.05, 3.63) is 41.0 Å². The average molecular weight is 260 g/mol. The molecule has 0 aliphatic heterocycles. The zero-order chi connectivity index (χ0) is 12.7. The van der Waals surface area contributed by atoms with Crippen molar-refractivity contribution in [2.24, 2.45) is 0 Å². The van der Waals surface area contributed by atoms with Crippen molar-refractivity contribution >= 4 is 22.9 Å². The number of halogens is 1. The summed E-state index contributed by atoms with van der Waals surface area (Å²) >= 11 is 5.88. The molecule has 0 radical (unpaired) electrons. The van der Waals surface area contributed by atoms with Gasteiger partial charge >= 0.3 is 0 Å². The van der Waals surface area contributed by atoms with Gasteiger partial charge in [-0.25, -0.2) is 0 Å². The maximum Gasteiger partial charge on any atom is 0.187 e. The molecule has 0 fully saturated rings. The first-order valence-electron chi connectivity index (χ1n) is 5.39. The van der Waals surface area contributed by atoms with Gasteiger partial charge in [0.1, 0.15) is 0 Å². The van der Waals surface area contributed by atoms with Gasteiger partial charge in [-0.1, -0.05) is 11.6 Å². The summed E-state index contributed by atoms with van der Waals surface area (Å²) in [6.45, 7) is 1.91. The zero-order valence-corrected chi connectivity index (χ0v) is 10.4. The minimum absolute atomic E-state index is 0.556. The minimum atomic E-state index is 0.556. The van der Waals surface area contributed by atoms with Crippen LogP contribution in [0.2, 0.25) is 5.02 Å². The first-order valence-corrected chi connectivity index (χ1v) is 5.77. The number of nitrogen functional groups attached to an aromatic ring is 1. The zero-order valence-electron chi connectivity index (χ0n) is 9.63. The minimum Gasteiger partial charge on any atom is -0.398 e. The molecule has 2 N–H and O–H groups in total. The normalized spacial score (nSPS) is 11.0. The van der Waals surface area contributed by atoms with Crippen LogP contribution in [0, 0.1) is 6.92 Å². The maximum atomic E-state index is 5.95. The molecule has 0 saturated carbocycles. The number of rotatable bonds is 1. The molecule has 5 nitrogen and oxygen atoms in total. The van der Waals surface area contributed by atoms with Crippen LogP contribution in [0.1, 0.15) is 5.69 Å². The highest BCUT2D eigenvalue weighted by Crippen LogP contribution is 2.26. The molecule has 0 spiro atoms. The van der Waals surface area contributed by atoms with Crippen LogP contribution >= 0.6 is 11.6 Å². The Morgan fingerprint density at radius 2 is 2.00 bits per heavy atom. The van der Waals surface area contributed by atoms with Crippen molar-refractivity contribution in [1.29, 1.82) is 0 Å². The van der Waals surface area contributed by atoms with E-state index < -0.39 is 0 Å². The summed E-state index contributed by atoms with van der Waals surface area (Å²) in [6.07, 6.45) is 0. The van der Waals surface area contributed by atoms with Gasteiger partial charge < -0.3 is 5.73 Å². The topological polar surface area (TPSA) is 69.1 Å². The van der Waals surface area contributed by atoms with E-state index in [0.29, 0.717) is 22.2 Å². The highest BCUT2D eigenvalue weighted by Gasteiger charge is 2.12. The van der Waals surface area contributed by atoms with E-state index in [0.717, 1.165) is 11.3 Å². The van der Waals surface area contributed by atoms with Crippen molar-refractivity contribution in [3.63, 3.8) is 0 Å². The lowest BCUT2D eigenvalue weighted by Gasteiger charge is -2.04. The standard InChI is InChI=1S/C12H10ClN5/c1-7-2-5-11-15-16-12(18(11)17-7)9-4-3-8(13)6-10(9)14/h2-6H,14H2,1H3. The Labute approximate surface area is 108 Å². The van der Waals surface area contributed by atoms with Crippen molar-refractivity contribution in [3.8, 4) is 11.4 Å². The van der Waals surface area contributed by atoms with Gasteiger partial charge in [0.15, 0.2) is 11.5 Å². The van der Waals surface area contributed by atoms with E-state index in [1.54, 1.807) is 16.6 Å². The summed E-state index contributed by atoms with van der Waals surface area (Å²) in [5.41, 5.74) is 8.84. The number of anilines is 1. The molecular weight excluding hydrogens is 250 g/mol. The largest absolute Gasteiger partial charge is 0.398 e. The fourth-order valence-corrected chi connectivity index (χ4v) is 1.97. The number of nitrogens with zero attached hydrogens (tertiary/aromatic N) is 4. The summed E-state index contributed by atoms with van der Waals surface area (Å²) in [4.78, 5) is 0. The van der Waals surface area contributed by atoms with Gasteiger partial charge in [0, 0.05) is 16.3 Å². The smallest absolute Gasteiger partial charge is 0.187 e. The highest BCUT2D eigenvalue weighted by molar-refractivity contribution is 6.31. The van der Waals surface area contributed by atoms with Crippen LogP contribution in [0.25, 0.3) is 17.0 Å². The fourth-order valence-electron chi connectivity index (χ4n) is 1.79. The molecule has 3 aromatic rings. The van der Waals surface area contributed by atoms with Crippen molar-refractivity contribution < 1.29 is 0 Å². The van der Waals surface area contributed by atoms with Crippen LogP contribution in [0.4, 0.5) is 5.69 Å². The molecule has 18 heavy (non-hydrogen) atoms. The Kier molecular flexibility index (Phi) is 2.41. The van der Waals surface area contributed by atoms with E-state index in [-0.39, 0.29) is 0 Å². The lowest BCUT2D eigenvalue weighted by Crippen LogP contribution is -1.99. The van der Waals surface area contributed by atoms with Crippen LogP contribution in [-0.2, 0) is 0 Å². The molecular formula is C12H10ClN5. The molecule has 3 rings (SSSR count). The molecule has 2 aromatic heterocycles. The molecule has 1 aromatic carbocycles. The van der Waals surface area contributed by atoms with Gasteiger partial charge in [0.25, 0.3) is 0 Å². The molecule has 0 atom stereocenters. The van der Waals surface area contributed by atoms with E-state index in [1.807, 2.05) is 25.1 Å². The van der Waals surface area contributed by atoms with E-state index in [2.05, 4.69) is 15.3 Å². The third-order valence-electron chi connectivity index (χ3n) is 2.65. The van der Waals surface area contributed by atoms with Gasteiger partial charge in [0.2, 0.25) is 0 Å². The number of nitrogens with two attached hydrogens (primary N) is 1. The highest BCUT2D eigenvalue weighted by atomic mass is 35.5. The first kappa shape index (κ1) is 11.0. The summed E-state index contributed by atoms with van der Waals surface area (Å²) in [5.74, 6) is 0.614. The molecule has 0 unspecified atom stereocenters. The SMILES string of the molecule is Cc1ccc2nnc(-c3ccc(Cl)cc3N)n2n1. The van der Waals surface area contributed by atoms with Crippen molar-refractivity contribution in [1.82, 2.24) is 19.8 Å². The van der Waals surface area contributed by atoms with Crippen LogP contribution < -0.4 is 5.73 Å². The van der Waals surface area contributed by atoms with Crippen LogP contribution in [-0.4, -0.2) is 19.8 Å². The average Bonchev–Trinajstić information content (AvgIpc) is 2.72. The van der Waals surface area contributed by atoms with Crippen molar-refractivity contribution in [2.75, 3.05) is 5.73 Å². The second-order valence-electron chi connectivity index (χ2n) is 4.00. The molecule has 0 aliphatic carbocycles. The lowest BCUT2D eigenvalue weighted by atomic mass is 10.2. The monoisotopic (exact) mass is 259 g/mol. The van der Waals surface area contributed by atoms with Gasteiger partial charge in [-0.2, -0.15) is 9.61 Å². The maximum absolute atomic E-state index is 5.95. The van der Waals surface area contributed by atoms with E-state index in [9.17, 15) is 0 Å². The number of fused-ring (bicyclic) bond motifs is 1. The number of aromatic nitrogens is 4. The number of aryl methyl sites for hydroxylation is 1. The molecule has 90 valence electrons. The van der Waals surface area contributed by atoms with E-state index >= 15 is 0 Å². The third-order valence-corrected chi connectivity index (χ3v) is 2.89. The molecule has 2 heterocycles. The second kappa shape index (κ2) is 3.96. The molecule has 0 saturated heterocycles. The second-order valence-corrected chi connectivity index (χ2v) is 4.44. The summed E-state index contributed by atoms with van der Waals surface area (Å²) in [6, 6.07) is 9.03. The molecule has 0 amide bonds. The van der Waals surface area contributed by atoms with Crippen LogP contribution in [0.5, 0.6) is 0 Å². The van der Waals surface area contributed by atoms with Crippen molar-refractivity contribution in [2.45, 2.75) is 6.92 Å². The molecule has 6 heteroatoms. The summed E-state index contributed by atoms with van der Waals surface area (Å²) in [7, 11) is 0. The lowest BCUT2D eigenvalue weighted by molar-refractivity contribution is 0.902. The first-order chi connectivity index (χ1) is 8.65.